The lowest BCUT2D eigenvalue weighted by Gasteiger charge is -2.21. The molecule has 1 aliphatic carbocycles. The first-order valence-electron chi connectivity index (χ1n) is 5.34. The molecule has 1 saturated carbocycles. The Morgan fingerprint density at radius 3 is 3.06 bits per heavy atom. The lowest BCUT2D eigenvalue weighted by molar-refractivity contribution is 0.204. The minimum absolute atomic E-state index is 0.410. The molecule has 1 aromatic heterocycles. The molecule has 1 aliphatic rings. The third kappa shape index (κ3) is 2.47. The van der Waals surface area contributed by atoms with Crippen LogP contribution in [0.4, 0.5) is 5.95 Å². The van der Waals surface area contributed by atoms with Crippen LogP contribution in [-0.2, 0) is 4.74 Å². The molecule has 0 aliphatic heterocycles. The first-order valence-corrected chi connectivity index (χ1v) is 5.34. The Kier molecular flexibility index (Phi) is 3.32. The zero-order chi connectivity index (χ0) is 11.4. The molecule has 16 heavy (non-hydrogen) atoms. The summed E-state index contributed by atoms with van der Waals surface area (Å²) in [5.41, 5.74) is 0.410. The first-order chi connectivity index (χ1) is 7.85. The van der Waals surface area contributed by atoms with Gasteiger partial charge in [-0.1, -0.05) is 0 Å². The normalized spacial score (nSPS) is 14.5. The highest BCUT2D eigenvalue weighted by atomic mass is 16.5. The molecule has 0 spiro atoms. The summed E-state index contributed by atoms with van der Waals surface area (Å²) in [4.78, 5) is 10.5. The number of rotatable bonds is 5. The maximum absolute atomic E-state index is 8.79. The highest BCUT2D eigenvalue weighted by molar-refractivity contribution is 5.36. The molecule has 1 fully saturated rings. The lowest BCUT2D eigenvalue weighted by Crippen LogP contribution is -2.31. The van der Waals surface area contributed by atoms with E-state index in [1.807, 2.05) is 6.07 Å². The quantitative estimate of drug-likeness (QED) is 0.736. The highest BCUT2D eigenvalue weighted by Gasteiger charge is 2.30. The van der Waals surface area contributed by atoms with E-state index in [9.17, 15) is 0 Å². The smallest absolute Gasteiger partial charge is 0.226 e. The largest absolute Gasteiger partial charge is 0.383 e. The molecule has 0 unspecified atom stereocenters. The van der Waals surface area contributed by atoms with E-state index in [-0.39, 0.29) is 0 Å². The molecule has 0 atom stereocenters. The van der Waals surface area contributed by atoms with Gasteiger partial charge in [0.1, 0.15) is 11.8 Å². The van der Waals surface area contributed by atoms with Crippen LogP contribution in [0.15, 0.2) is 12.3 Å². The van der Waals surface area contributed by atoms with Crippen molar-refractivity contribution in [2.45, 2.75) is 18.9 Å². The zero-order valence-corrected chi connectivity index (χ0v) is 9.26. The highest BCUT2D eigenvalue weighted by Crippen LogP contribution is 2.29. The average Bonchev–Trinajstić information content (AvgIpc) is 3.14. The van der Waals surface area contributed by atoms with Crippen molar-refractivity contribution in [1.29, 1.82) is 5.26 Å². The van der Waals surface area contributed by atoms with Crippen molar-refractivity contribution in [3.05, 3.63) is 18.0 Å². The Balaban J connectivity index is 2.14. The predicted molar refractivity (Wildman–Crippen MR) is 59.0 cm³/mol. The van der Waals surface area contributed by atoms with Crippen LogP contribution in [0, 0.1) is 11.3 Å². The van der Waals surface area contributed by atoms with Gasteiger partial charge >= 0.3 is 0 Å². The van der Waals surface area contributed by atoms with Crippen LogP contribution < -0.4 is 4.90 Å². The van der Waals surface area contributed by atoms with Crippen LogP contribution in [0.3, 0.4) is 0 Å². The minimum atomic E-state index is 0.410. The van der Waals surface area contributed by atoms with Crippen LogP contribution in [0.2, 0.25) is 0 Å². The summed E-state index contributed by atoms with van der Waals surface area (Å²) >= 11 is 0. The van der Waals surface area contributed by atoms with Crippen molar-refractivity contribution in [2.24, 2.45) is 0 Å². The van der Waals surface area contributed by atoms with Gasteiger partial charge in [-0.15, -0.1) is 0 Å². The molecule has 1 heterocycles. The van der Waals surface area contributed by atoms with E-state index in [4.69, 9.17) is 10.00 Å². The fourth-order valence-electron chi connectivity index (χ4n) is 1.57. The number of methoxy groups -OCH3 is 1. The van der Waals surface area contributed by atoms with Gasteiger partial charge in [-0.25, -0.2) is 9.97 Å². The Bertz CT molecular complexity index is 397. The second-order valence-electron chi connectivity index (χ2n) is 3.77. The molecule has 5 heteroatoms. The van der Waals surface area contributed by atoms with Crippen LogP contribution in [0.5, 0.6) is 0 Å². The fraction of sp³-hybridized carbons (Fsp3) is 0.545. The Labute approximate surface area is 94.7 Å². The van der Waals surface area contributed by atoms with Gasteiger partial charge in [0.15, 0.2) is 0 Å². The second-order valence-corrected chi connectivity index (χ2v) is 3.77. The Hall–Kier alpha value is -1.67. The molecule has 0 N–H and O–H groups in total. The fourth-order valence-corrected chi connectivity index (χ4v) is 1.57. The van der Waals surface area contributed by atoms with Crippen molar-refractivity contribution in [3.8, 4) is 6.07 Å². The van der Waals surface area contributed by atoms with Gasteiger partial charge in [0, 0.05) is 25.9 Å². The molecule has 2 rings (SSSR count). The van der Waals surface area contributed by atoms with Crippen LogP contribution in [-0.4, -0.2) is 36.3 Å². The number of anilines is 1. The second kappa shape index (κ2) is 4.90. The van der Waals surface area contributed by atoms with Crippen molar-refractivity contribution >= 4 is 5.95 Å². The summed E-state index contributed by atoms with van der Waals surface area (Å²) in [6.07, 6.45) is 3.97. The molecule has 5 nitrogen and oxygen atoms in total. The van der Waals surface area contributed by atoms with Crippen molar-refractivity contribution in [2.75, 3.05) is 25.2 Å². The van der Waals surface area contributed by atoms with E-state index >= 15 is 0 Å². The van der Waals surface area contributed by atoms with Gasteiger partial charge in [-0.2, -0.15) is 5.26 Å². The zero-order valence-electron chi connectivity index (χ0n) is 9.26. The standard InChI is InChI=1S/C11H14N4O/c1-16-7-6-15(10-2-3-10)11-13-5-4-9(8-12)14-11/h4-5,10H,2-3,6-7H2,1H3. The SMILES string of the molecule is COCCN(c1nccc(C#N)n1)C1CC1. The van der Waals surface area contributed by atoms with E-state index in [1.54, 1.807) is 19.4 Å². The minimum Gasteiger partial charge on any atom is -0.383 e. The number of hydrogen-bond donors (Lipinski definition) is 0. The molecular weight excluding hydrogens is 204 g/mol. The monoisotopic (exact) mass is 218 g/mol. The molecule has 1 aromatic rings. The van der Waals surface area contributed by atoms with Crippen molar-refractivity contribution in [3.63, 3.8) is 0 Å². The summed E-state index contributed by atoms with van der Waals surface area (Å²) < 4.78 is 5.07. The molecule has 0 saturated heterocycles. The Morgan fingerprint density at radius 1 is 1.62 bits per heavy atom. The van der Waals surface area contributed by atoms with Gasteiger partial charge < -0.3 is 9.64 Å². The summed E-state index contributed by atoms with van der Waals surface area (Å²) in [6.45, 7) is 1.42. The van der Waals surface area contributed by atoms with Gasteiger partial charge in [-0.3, -0.25) is 0 Å². The van der Waals surface area contributed by atoms with Crippen LogP contribution in [0.25, 0.3) is 0 Å². The number of aromatic nitrogens is 2. The predicted octanol–water partition coefficient (Wildman–Crippen LogP) is 0.963. The number of ether oxygens (including phenoxy) is 1. The molecule has 84 valence electrons. The average molecular weight is 218 g/mol. The van der Waals surface area contributed by atoms with E-state index in [1.165, 1.54) is 12.8 Å². The molecule has 0 amide bonds. The van der Waals surface area contributed by atoms with E-state index in [2.05, 4.69) is 14.9 Å². The molecule has 0 aromatic carbocycles. The van der Waals surface area contributed by atoms with E-state index < -0.39 is 0 Å². The van der Waals surface area contributed by atoms with Gasteiger partial charge in [0.25, 0.3) is 0 Å². The van der Waals surface area contributed by atoms with Crippen molar-refractivity contribution < 1.29 is 4.74 Å². The van der Waals surface area contributed by atoms with Gasteiger partial charge in [-0.05, 0) is 18.9 Å². The molecule has 0 bridgehead atoms. The van der Waals surface area contributed by atoms with Crippen molar-refractivity contribution in [1.82, 2.24) is 9.97 Å². The summed E-state index contributed by atoms with van der Waals surface area (Å²) in [5.74, 6) is 0.638. The molecule has 0 radical (unpaired) electrons. The Morgan fingerprint density at radius 2 is 2.44 bits per heavy atom. The van der Waals surface area contributed by atoms with E-state index in [0.29, 0.717) is 24.3 Å². The van der Waals surface area contributed by atoms with Crippen LogP contribution in [0.1, 0.15) is 18.5 Å². The topological polar surface area (TPSA) is 62.0 Å². The maximum Gasteiger partial charge on any atom is 0.226 e. The lowest BCUT2D eigenvalue weighted by atomic mass is 10.4. The summed E-state index contributed by atoms with van der Waals surface area (Å²) in [6, 6.07) is 4.16. The maximum atomic E-state index is 8.79. The molecular formula is C11H14N4O. The van der Waals surface area contributed by atoms with Gasteiger partial charge in [0.2, 0.25) is 5.95 Å². The first kappa shape index (κ1) is 10.8. The summed E-state index contributed by atoms with van der Waals surface area (Å²) in [7, 11) is 1.68. The third-order valence-electron chi connectivity index (χ3n) is 2.54. The number of nitriles is 1. The van der Waals surface area contributed by atoms with E-state index in [0.717, 1.165) is 6.54 Å². The third-order valence-corrected chi connectivity index (χ3v) is 2.54. The van der Waals surface area contributed by atoms with Crippen LogP contribution >= 0.6 is 0 Å². The van der Waals surface area contributed by atoms with Gasteiger partial charge in [0.05, 0.1) is 6.61 Å². The number of nitrogens with zero attached hydrogens (tertiary/aromatic N) is 4. The summed E-state index contributed by atoms with van der Waals surface area (Å²) in [5, 5.41) is 8.79. The number of hydrogen-bond acceptors (Lipinski definition) is 5.